The first-order chi connectivity index (χ1) is 11.7. The van der Waals surface area contributed by atoms with Gasteiger partial charge in [0, 0.05) is 24.1 Å². The summed E-state index contributed by atoms with van der Waals surface area (Å²) in [4.78, 5) is 19.4. The van der Waals surface area contributed by atoms with E-state index < -0.39 is 0 Å². The molecule has 1 aromatic heterocycles. The first-order valence-electron chi connectivity index (χ1n) is 7.51. The van der Waals surface area contributed by atoms with Crippen LogP contribution >= 0.6 is 11.8 Å². The van der Waals surface area contributed by atoms with Gasteiger partial charge < -0.3 is 4.90 Å². The maximum absolute atomic E-state index is 12.6. The normalized spacial score (nSPS) is 10.6. The van der Waals surface area contributed by atoms with Crippen LogP contribution < -0.4 is 0 Å². The van der Waals surface area contributed by atoms with E-state index in [1.165, 1.54) is 11.2 Å². The van der Waals surface area contributed by atoms with Crippen molar-refractivity contribution in [3.8, 4) is 5.69 Å². The first-order valence-corrected chi connectivity index (χ1v) is 8.73. The Morgan fingerprint density at radius 3 is 2.42 bits per heavy atom. The van der Waals surface area contributed by atoms with Crippen LogP contribution in [-0.4, -0.2) is 38.9 Å². The summed E-state index contributed by atoms with van der Waals surface area (Å²) >= 11 is 1.71. The third-order valence-electron chi connectivity index (χ3n) is 3.72. The Morgan fingerprint density at radius 1 is 1.12 bits per heavy atom. The van der Waals surface area contributed by atoms with Crippen LogP contribution in [0.4, 0.5) is 0 Å². The van der Waals surface area contributed by atoms with Crippen LogP contribution in [0.1, 0.15) is 15.9 Å². The summed E-state index contributed by atoms with van der Waals surface area (Å²) < 4.78 is 1.66. The van der Waals surface area contributed by atoms with Gasteiger partial charge in [-0.2, -0.15) is 5.10 Å². The minimum absolute atomic E-state index is 0.00548. The third kappa shape index (κ3) is 3.65. The number of hydrogen-bond donors (Lipinski definition) is 0. The van der Waals surface area contributed by atoms with E-state index in [9.17, 15) is 4.79 Å². The quantitative estimate of drug-likeness (QED) is 0.670. The summed E-state index contributed by atoms with van der Waals surface area (Å²) in [6, 6.07) is 15.6. The zero-order valence-corrected chi connectivity index (χ0v) is 14.4. The lowest BCUT2D eigenvalue weighted by Gasteiger charge is -2.17. The summed E-state index contributed by atoms with van der Waals surface area (Å²) in [7, 11) is 1.82. The maximum atomic E-state index is 12.6. The number of rotatable bonds is 5. The second-order valence-electron chi connectivity index (χ2n) is 5.40. The van der Waals surface area contributed by atoms with Gasteiger partial charge in [-0.05, 0) is 48.2 Å². The van der Waals surface area contributed by atoms with Gasteiger partial charge in [0.1, 0.15) is 12.7 Å². The van der Waals surface area contributed by atoms with Gasteiger partial charge in [-0.1, -0.05) is 12.1 Å². The molecular weight excluding hydrogens is 320 g/mol. The molecule has 0 aliphatic heterocycles. The van der Waals surface area contributed by atoms with Gasteiger partial charge in [-0.25, -0.2) is 9.67 Å². The third-order valence-corrected chi connectivity index (χ3v) is 4.47. The molecule has 0 radical (unpaired) electrons. The maximum Gasteiger partial charge on any atom is 0.253 e. The monoisotopic (exact) mass is 338 g/mol. The van der Waals surface area contributed by atoms with Crippen molar-refractivity contribution in [1.29, 1.82) is 0 Å². The molecular formula is C18H18N4OS. The Hall–Kier alpha value is -2.60. The fourth-order valence-corrected chi connectivity index (χ4v) is 2.80. The molecule has 1 amide bonds. The largest absolute Gasteiger partial charge is 0.337 e. The Kier molecular flexibility index (Phi) is 4.96. The van der Waals surface area contributed by atoms with Crippen molar-refractivity contribution >= 4 is 17.7 Å². The molecule has 0 aliphatic carbocycles. The smallest absolute Gasteiger partial charge is 0.253 e. The molecule has 0 saturated heterocycles. The van der Waals surface area contributed by atoms with Crippen LogP contribution in [0.2, 0.25) is 0 Å². The highest BCUT2D eigenvalue weighted by atomic mass is 32.2. The van der Waals surface area contributed by atoms with Crippen molar-refractivity contribution in [2.24, 2.45) is 0 Å². The van der Waals surface area contributed by atoms with Crippen LogP contribution in [0.3, 0.4) is 0 Å². The summed E-state index contributed by atoms with van der Waals surface area (Å²) in [5, 5.41) is 4.07. The number of carbonyl (C=O) groups excluding carboxylic acids is 1. The van der Waals surface area contributed by atoms with E-state index in [0.29, 0.717) is 12.1 Å². The number of aromatic nitrogens is 3. The average molecular weight is 338 g/mol. The van der Waals surface area contributed by atoms with Gasteiger partial charge >= 0.3 is 0 Å². The minimum atomic E-state index is -0.00548. The zero-order valence-electron chi connectivity index (χ0n) is 13.6. The summed E-state index contributed by atoms with van der Waals surface area (Å²) in [6.45, 7) is 0.582. The van der Waals surface area contributed by atoms with Crippen molar-refractivity contribution in [1.82, 2.24) is 19.7 Å². The number of carbonyl (C=O) groups is 1. The summed E-state index contributed by atoms with van der Waals surface area (Å²) in [5.41, 5.74) is 2.64. The standard InChI is InChI=1S/C18H18N4OS/c1-21(11-14-3-9-17(24-2)10-4-14)18(23)15-5-7-16(8-6-15)22-13-19-12-20-22/h3-10,12-13H,11H2,1-2H3. The fourth-order valence-electron chi connectivity index (χ4n) is 2.40. The molecule has 3 rings (SSSR count). The molecule has 0 unspecified atom stereocenters. The number of hydrogen-bond acceptors (Lipinski definition) is 4. The van der Waals surface area contributed by atoms with Gasteiger partial charge in [0.05, 0.1) is 5.69 Å². The van der Waals surface area contributed by atoms with Crippen LogP contribution in [0.25, 0.3) is 5.69 Å². The molecule has 1 heterocycles. The molecule has 24 heavy (non-hydrogen) atoms. The van der Waals surface area contributed by atoms with Crippen molar-refractivity contribution < 1.29 is 4.79 Å². The molecule has 5 nitrogen and oxygen atoms in total. The first kappa shape index (κ1) is 16.3. The van der Waals surface area contributed by atoms with Crippen LogP contribution in [0.15, 0.2) is 66.1 Å². The van der Waals surface area contributed by atoms with Gasteiger partial charge in [-0.15, -0.1) is 11.8 Å². The lowest BCUT2D eigenvalue weighted by atomic mass is 10.1. The van der Waals surface area contributed by atoms with E-state index in [2.05, 4.69) is 34.3 Å². The Balaban J connectivity index is 1.68. The second kappa shape index (κ2) is 7.31. The van der Waals surface area contributed by atoms with Gasteiger partial charge in [0.2, 0.25) is 0 Å². The van der Waals surface area contributed by atoms with E-state index >= 15 is 0 Å². The number of amides is 1. The molecule has 0 aliphatic rings. The SMILES string of the molecule is CSc1ccc(CN(C)C(=O)c2ccc(-n3cncn3)cc2)cc1. The molecule has 0 atom stereocenters. The van der Waals surface area contributed by atoms with E-state index in [1.807, 2.05) is 37.6 Å². The van der Waals surface area contributed by atoms with Crippen molar-refractivity contribution in [2.45, 2.75) is 11.4 Å². The highest BCUT2D eigenvalue weighted by Crippen LogP contribution is 2.16. The topological polar surface area (TPSA) is 51.0 Å². The van der Waals surface area contributed by atoms with Crippen LogP contribution in [0, 0.1) is 0 Å². The molecule has 0 N–H and O–H groups in total. The van der Waals surface area contributed by atoms with Gasteiger partial charge in [-0.3, -0.25) is 4.79 Å². The van der Waals surface area contributed by atoms with E-state index in [1.54, 1.807) is 27.7 Å². The predicted molar refractivity (Wildman–Crippen MR) is 95.4 cm³/mol. The fraction of sp³-hybridized carbons (Fsp3) is 0.167. The number of nitrogens with zero attached hydrogens (tertiary/aromatic N) is 4. The Bertz CT molecular complexity index is 798. The van der Waals surface area contributed by atoms with E-state index in [-0.39, 0.29) is 5.91 Å². The Labute approximate surface area is 145 Å². The van der Waals surface area contributed by atoms with Gasteiger partial charge in [0.25, 0.3) is 5.91 Å². The lowest BCUT2D eigenvalue weighted by Crippen LogP contribution is -2.26. The van der Waals surface area contributed by atoms with Crippen molar-refractivity contribution in [3.63, 3.8) is 0 Å². The molecule has 0 saturated carbocycles. The zero-order chi connectivity index (χ0) is 16.9. The highest BCUT2D eigenvalue weighted by molar-refractivity contribution is 7.98. The number of benzene rings is 2. The van der Waals surface area contributed by atoms with E-state index in [4.69, 9.17) is 0 Å². The summed E-state index contributed by atoms with van der Waals surface area (Å²) in [6.07, 6.45) is 5.16. The molecule has 0 fully saturated rings. The summed E-state index contributed by atoms with van der Waals surface area (Å²) in [5.74, 6) is -0.00548. The average Bonchev–Trinajstić information content (AvgIpc) is 3.16. The molecule has 6 heteroatoms. The molecule has 0 spiro atoms. The van der Waals surface area contributed by atoms with Crippen LogP contribution in [-0.2, 0) is 6.54 Å². The minimum Gasteiger partial charge on any atom is -0.337 e. The molecule has 0 bridgehead atoms. The van der Waals surface area contributed by atoms with Crippen LogP contribution in [0.5, 0.6) is 0 Å². The van der Waals surface area contributed by atoms with Crippen molar-refractivity contribution in [2.75, 3.05) is 13.3 Å². The van der Waals surface area contributed by atoms with Gasteiger partial charge in [0.15, 0.2) is 0 Å². The molecule has 3 aromatic rings. The predicted octanol–water partition coefficient (Wildman–Crippen LogP) is 3.26. The highest BCUT2D eigenvalue weighted by Gasteiger charge is 2.12. The van der Waals surface area contributed by atoms with Crippen molar-refractivity contribution in [3.05, 3.63) is 72.3 Å². The second-order valence-corrected chi connectivity index (χ2v) is 6.28. The molecule has 2 aromatic carbocycles. The molecule has 122 valence electrons. The Morgan fingerprint density at radius 2 is 1.83 bits per heavy atom. The van der Waals surface area contributed by atoms with E-state index in [0.717, 1.165) is 11.3 Å². The number of thioether (sulfide) groups is 1. The lowest BCUT2D eigenvalue weighted by molar-refractivity contribution is 0.0785.